The summed E-state index contributed by atoms with van der Waals surface area (Å²) in [4.78, 5) is 11.6. The van der Waals surface area contributed by atoms with Crippen LogP contribution in [-0.4, -0.2) is 11.4 Å². The lowest BCUT2D eigenvalue weighted by Gasteiger charge is -2.22. The second kappa shape index (κ2) is 3.00. The molecule has 1 atom stereocenters. The maximum absolute atomic E-state index is 11.6. The molecule has 1 aliphatic rings. The van der Waals surface area contributed by atoms with Crippen LogP contribution in [0.3, 0.4) is 0 Å². The molecule has 0 aromatic carbocycles. The molecule has 0 spiro atoms. The number of carbonyl (C=O) groups is 1. The Bertz CT molecular complexity index is 213. The smallest absolute Gasteiger partial charge is 0.223 e. The van der Waals surface area contributed by atoms with Crippen molar-refractivity contribution in [1.29, 1.82) is 0 Å². The Morgan fingerprint density at radius 1 is 1.46 bits per heavy atom. The van der Waals surface area contributed by atoms with Crippen LogP contribution in [0.25, 0.3) is 0 Å². The molecule has 1 fully saturated rings. The Kier molecular flexibility index (Phi) is 2.44. The molecule has 76 valence electrons. The summed E-state index contributed by atoms with van der Waals surface area (Å²) >= 11 is 0. The molecule has 0 aromatic heterocycles. The van der Waals surface area contributed by atoms with Gasteiger partial charge in [-0.15, -0.1) is 0 Å². The maximum Gasteiger partial charge on any atom is 0.223 e. The summed E-state index contributed by atoms with van der Waals surface area (Å²) in [5, 5.41) is 3.03. The van der Waals surface area contributed by atoms with E-state index in [2.05, 4.69) is 39.9 Å². The topological polar surface area (TPSA) is 29.1 Å². The Morgan fingerprint density at radius 3 is 2.31 bits per heavy atom. The summed E-state index contributed by atoms with van der Waals surface area (Å²) in [6.07, 6.45) is 1.96. The molecule has 1 aliphatic heterocycles. The van der Waals surface area contributed by atoms with E-state index in [1.54, 1.807) is 0 Å². The molecular formula is C11H21NO. The van der Waals surface area contributed by atoms with Gasteiger partial charge in [0.1, 0.15) is 0 Å². The van der Waals surface area contributed by atoms with E-state index < -0.39 is 0 Å². The molecule has 1 heterocycles. The quantitative estimate of drug-likeness (QED) is 0.664. The summed E-state index contributed by atoms with van der Waals surface area (Å²) in [6.45, 7) is 10.7. The van der Waals surface area contributed by atoms with Gasteiger partial charge in [-0.1, -0.05) is 20.8 Å². The third-order valence-corrected chi connectivity index (χ3v) is 2.45. The van der Waals surface area contributed by atoms with Gasteiger partial charge in [0, 0.05) is 11.5 Å². The number of hydrogen-bond donors (Lipinski definition) is 1. The van der Waals surface area contributed by atoms with Crippen molar-refractivity contribution in [2.75, 3.05) is 0 Å². The standard InChI is InChI=1S/C11H21NO/c1-10(2,3)6-8-7-11(4,5)12-9(8)13/h8H,6-7H2,1-5H3,(H,12,13). The Morgan fingerprint density at radius 2 is 2.00 bits per heavy atom. The van der Waals surface area contributed by atoms with E-state index in [-0.39, 0.29) is 22.8 Å². The zero-order valence-electron chi connectivity index (χ0n) is 9.40. The highest BCUT2D eigenvalue weighted by molar-refractivity contribution is 5.82. The molecule has 1 rings (SSSR count). The number of carbonyl (C=O) groups excluding carboxylic acids is 1. The van der Waals surface area contributed by atoms with Crippen LogP contribution in [0.5, 0.6) is 0 Å². The molecular weight excluding hydrogens is 162 g/mol. The first-order valence-electron chi connectivity index (χ1n) is 5.02. The van der Waals surface area contributed by atoms with Gasteiger partial charge < -0.3 is 5.32 Å². The highest BCUT2D eigenvalue weighted by atomic mass is 16.2. The Labute approximate surface area is 81.1 Å². The molecule has 0 aromatic rings. The minimum absolute atomic E-state index is 0.00694. The predicted octanol–water partition coefficient (Wildman–Crippen LogP) is 2.34. The zero-order chi connectivity index (χ0) is 10.3. The number of nitrogens with one attached hydrogen (secondary N) is 1. The molecule has 1 N–H and O–H groups in total. The molecule has 2 heteroatoms. The van der Waals surface area contributed by atoms with Crippen LogP contribution >= 0.6 is 0 Å². The van der Waals surface area contributed by atoms with E-state index in [1.165, 1.54) is 0 Å². The fourth-order valence-corrected chi connectivity index (χ4v) is 2.10. The highest BCUT2D eigenvalue weighted by Crippen LogP contribution is 2.33. The fraction of sp³-hybridized carbons (Fsp3) is 0.909. The van der Waals surface area contributed by atoms with E-state index >= 15 is 0 Å². The van der Waals surface area contributed by atoms with Crippen molar-refractivity contribution in [2.24, 2.45) is 11.3 Å². The van der Waals surface area contributed by atoms with Gasteiger partial charge >= 0.3 is 0 Å². The lowest BCUT2D eigenvalue weighted by molar-refractivity contribution is -0.123. The second-order valence-corrected chi connectivity index (χ2v) is 6.04. The predicted molar refractivity (Wildman–Crippen MR) is 54.4 cm³/mol. The molecule has 1 amide bonds. The first kappa shape index (κ1) is 10.6. The van der Waals surface area contributed by atoms with Gasteiger partial charge in [0.2, 0.25) is 5.91 Å². The summed E-state index contributed by atoms with van der Waals surface area (Å²) < 4.78 is 0. The van der Waals surface area contributed by atoms with Gasteiger partial charge in [-0.3, -0.25) is 4.79 Å². The molecule has 1 saturated heterocycles. The summed E-state index contributed by atoms with van der Waals surface area (Å²) in [5.41, 5.74) is 0.259. The van der Waals surface area contributed by atoms with Crippen molar-refractivity contribution < 1.29 is 4.79 Å². The van der Waals surface area contributed by atoms with Gasteiger partial charge in [0.15, 0.2) is 0 Å². The summed E-state index contributed by atoms with van der Waals surface area (Å²) in [5.74, 6) is 0.454. The van der Waals surface area contributed by atoms with Crippen molar-refractivity contribution in [3.05, 3.63) is 0 Å². The number of rotatable bonds is 1. The van der Waals surface area contributed by atoms with Gasteiger partial charge in [-0.2, -0.15) is 0 Å². The van der Waals surface area contributed by atoms with Crippen molar-refractivity contribution in [3.63, 3.8) is 0 Å². The SMILES string of the molecule is CC(C)(C)CC1CC(C)(C)NC1=O. The van der Waals surface area contributed by atoms with Crippen LogP contribution in [0.1, 0.15) is 47.5 Å². The maximum atomic E-state index is 11.6. The minimum atomic E-state index is 0.00694. The van der Waals surface area contributed by atoms with Crippen LogP contribution in [0.15, 0.2) is 0 Å². The van der Waals surface area contributed by atoms with E-state index in [1.807, 2.05) is 0 Å². The average molecular weight is 183 g/mol. The molecule has 0 saturated carbocycles. The van der Waals surface area contributed by atoms with Crippen LogP contribution in [0, 0.1) is 11.3 Å². The van der Waals surface area contributed by atoms with Crippen LogP contribution < -0.4 is 5.32 Å². The lowest BCUT2D eigenvalue weighted by atomic mass is 9.82. The van der Waals surface area contributed by atoms with E-state index in [0.717, 1.165) is 12.8 Å². The molecule has 0 bridgehead atoms. The van der Waals surface area contributed by atoms with Crippen molar-refractivity contribution in [2.45, 2.75) is 53.0 Å². The van der Waals surface area contributed by atoms with E-state index in [9.17, 15) is 4.79 Å². The lowest BCUT2D eigenvalue weighted by Crippen LogP contribution is -2.34. The highest BCUT2D eigenvalue weighted by Gasteiger charge is 2.38. The number of hydrogen-bond acceptors (Lipinski definition) is 1. The van der Waals surface area contributed by atoms with E-state index in [0.29, 0.717) is 0 Å². The summed E-state index contributed by atoms with van der Waals surface area (Å²) in [6, 6.07) is 0. The van der Waals surface area contributed by atoms with Crippen LogP contribution in [0.2, 0.25) is 0 Å². The minimum Gasteiger partial charge on any atom is -0.351 e. The molecule has 2 nitrogen and oxygen atoms in total. The second-order valence-electron chi connectivity index (χ2n) is 6.04. The third-order valence-electron chi connectivity index (χ3n) is 2.45. The van der Waals surface area contributed by atoms with Crippen molar-refractivity contribution in [1.82, 2.24) is 5.32 Å². The van der Waals surface area contributed by atoms with Crippen molar-refractivity contribution >= 4 is 5.91 Å². The van der Waals surface area contributed by atoms with Gasteiger partial charge in [-0.25, -0.2) is 0 Å². The third kappa shape index (κ3) is 3.02. The van der Waals surface area contributed by atoms with E-state index in [4.69, 9.17) is 0 Å². The normalized spacial score (nSPS) is 27.5. The largest absolute Gasteiger partial charge is 0.351 e. The number of amides is 1. The van der Waals surface area contributed by atoms with Crippen LogP contribution in [-0.2, 0) is 4.79 Å². The first-order valence-corrected chi connectivity index (χ1v) is 5.02. The van der Waals surface area contributed by atoms with Gasteiger partial charge in [-0.05, 0) is 32.1 Å². The molecule has 0 radical (unpaired) electrons. The fourth-order valence-electron chi connectivity index (χ4n) is 2.10. The zero-order valence-corrected chi connectivity index (χ0v) is 9.40. The Balaban J connectivity index is 2.59. The summed E-state index contributed by atoms with van der Waals surface area (Å²) in [7, 11) is 0. The monoisotopic (exact) mass is 183 g/mol. The van der Waals surface area contributed by atoms with Gasteiger partial charge in [0.25, 0.3) is 0 Å². The average Bonchev–Trinajstić information content (AvgIpc) is 2.00. The molecule has 0 aliphatic carbocycles. The van der Waals surface area contributed by atoms with Gasteiger partial charge in [0.05, 0.1) is 0 Å². The van der Waals surface area contributed by atoms with Crippen molar-refractivity contribution in [3.8, 4) is 0 Å². The van der Waals surface area contributed by atoms with Crippen LogP contribution in [0.4, 0.5) is 0 Å². The molecule has 1 unspecified atom stereocenters. The molecule has 13 heavy (non-hydrogen) atoms. The first-order chi connectivity index (χ1) is 5.70. The Hall–Kier alpha value is -0.530.